The van der Waals surface area contributed by atoms with Crippen LogP contribution in [0, 0.1) is 0 Å². The predicted molar refractivity (Wildman–Crippen MR) is 105 cm³/mol. The summed E-state index contributed by atoms with van der Waals surface area (Å²) in [5.41, 5.74) is 3.43. The minimum atomic E-state index is 0.292. The summed E-state index contributed by atoms with van der Waals surface area (Å²) in [7, 11) is 0. The predicted octanol–water partition coefficient (Wildman–Crippen LogP) is 5.10. The van der Waals surface area contributed by atoms with Gasteiger partial charge in [0.05, 0.1) is 5.69 Å². The molecule has 0 unspecified atom stereocenters. The topological polar surface area (TPSA) is 36.4 Å². The molecule has 2 heterocycles. The van der Waals surface area contributed by atoms with Crippen LogP contribution in [0.25, 0.3) is 11.3 Å². The van der Waals surface area contributed by atoms with Crippen LogP contribution in [0.15, 0.2) is 54.6 Å². The Morgan fingerprint density at radius 2 is 1.64 bits per heavy atom. The number of hydrogen-bond acceptors (Lipinski definition) is 4. The van der Waals surface area contributed by atoms with Gasteiger partial charge in [-0.25, -0.2) is 4.98 Å². The van der Waals surface area contributed by atoms with Gasteiger partial charge in [0, 0.05) is 30.0 Å². The Kier molecular flexibility index (Phi) is 4.70. The fraction of sp³-hybridized carbons (Fsp3) is 0.286. The highest BCUT2D eigenvalue weighted by atomic mass is 32.1. The van der Waals surface area contributed by atoms with Crippen molar-refractivity contribution in [2.24, 2.45) is 0 Å². The third kappa shape index (κ3) is 3.69. The van der Waals surface area contributed by atoms with E-state index in [1.54, 1.807) is 12.1 Å². The van der Waals surface area contributed by atoms with E-state index in [9.17, 15) is 5.11 Å². The van der Waals surface area contributed by atoms with Crippen LogP contribution >= 0.6 is 11.3 Å². The van der Waals surface area contributed by atoms with E-state index in [0.29, 0.717) is 5.75 Å². The van der Waals surface area contributed by atoms with Gasteiger partial charge >= 0.3 is 0 Å². The Bertz CT molecular complexity index is 821. The van der Waals surface area contributed by atoms with E-state index < -0.39 is 0 Å². The SMILES string of the molecule is Oc1ccc(-c2nc(N3CCCCC3)sc2Cc2ccccc2)cc1. The number of rotatable bonds is 4. The summed E-state index contributed by atoms with van der Waals surface area (Å²) in [6.45, 7) is 2.21. The van der Waals surface area contributed by atoms with Crippen LogP contribution in [0.1, 0.15) is 29.7 Å². The summed E-state index contributed by atoms with van der Waals surface area (Å²) in [5.74, 6) is 0.292. The van der Waals surface area contributed by atoms with Crippen molar-refractivity contribution in [1.82, 2.24) is 4.98 Å². The molecule has 1 aromatic heterocycles. The maximum absolute atomic E-state index is 9.59. The molecule has 4 rings (SSSR count). The van der Waals surface area contributed by atoms with Gasteiger partial charge in [0.1, 0.15) is 5.75 Å². The molecule has 0 aliphatic carbocycles. The smallest absolute Gasteiger partial charge is 0.186 e. The molecule has 0 atom stereocenters. The van der Waals surface area contributed by atoms with Crippen molar-refractivity contribution < 1.29 is 5.11 Å². The first-order valence-corrected chi connectivity index (χ1v) is 9.69. The molecule has 1 aliphatic heterocycles. The number of phenols is 1. The summed E-state index contributed by atoms with van der Waals surface area (Å²) < 4.78 is 0. The van der Waals surface area contributed by atoms with Gasteiger partial charge in [0.25, 0.3) is 0 Å². The van der Waals surface area contributed by atoms with Crippen LogP contribution in [0.5, 0.6) is 5.75 Å². The van der Waals surface area contributed by atoms with Crippen molar-refractivity contribution in [2.45, 2.75) is 25.7 Å². The molecule has 3 aromatic rings. The monoisotopic (exact) mass is 350 g/mol. The fourth-order valence-corrected chi connectivity index (χ4v) is 4.47. The second-order valence-electron chi connectivity index (χ2n) is 6.53. The standard InChI is InChI=1S/C21H22N2OS/c24-18-11-9-17(10-12-18)20-19(15-16-7-3-1-4-8-16)25-21(22-20)23-13-5-2-6-14-23/h1,3-4,7-12,24H,2,5-6,13-15H2. The van der Waals surface area contributed by atoms with Crippen molar-refractivity contribution in [3.63, 3.8) is 0 Å². The summed E-state index contributed by atoms with van der Waals surface area (Å²) in [6, 6.07) is 17.9. The average molecular weight is 350 g/mol. The van der Waals surface area contributed by atoms with E-state index in [4.69, 9.17) is 4.98 Å². The molecule has 1 fully saturated rings. The quantitative estimate of drug-likeness (QED) is 0.711. The lowest BCUT2D eigenvalue weighted by Crippen LogP contribution is -2.29. The zero-order valence-corrected chi connectivity index (χ0v) is 15.0. The zero-order chi connectivity index (χ0) is 17.1. The lowest BCUT2D eigenvalue weighted by molar-refractivity contribution is 0.475. The molecule has 0 saturated carbocycles. The number of hydrogen-bond donors (Lipinski definition) is 1. The van der Waals surface area contributed by atoms with Crippen LogP contribution < -0.4 is 4.90 Å². The average Bonchev–Trinajstić information content (AvgIpc) is 3.08. The highest BCUT2D eigenvalue weighted by molar-refractivity contribution is 7.16. The molecule has 0 radical (unpaired) electrons. The molecule has 1 saturated heterocycles. The molecule has 1 N–H and O–H groups in total. The minimum absolute atomic E-state index is 0.292. The van der Waals surface area contributed by atoms with Gasteiger partial charge in [-0.1, -0.05) is 30.3 Å². The van der Waals surface area contributed by atoms with Gasteiger partial charge in [-0.15, -0.1) is 11.3 Å². The molecule has 2 aromatic carbocycles. The second kappa shape index (κ2) is 7.28. The number of anilines is 1. The first-order valence-electron chi connectivity index (χ1n) is 8.87. The summed E-state index contributed by atoms with van der Waals surface area (Å²) in [6.07, 6.45) is 4.72. The largest absolute Gasteiger partial charge is 0.508 e. The van der Waals surface area contributed by atoms with Gasteiger partial charge in [0.2, 0.25) is 0 Å². The molecule has 4 heteroatoms. The first kappa shape index (κ1) is 16.2. The maximum Gasteiger partial charge on any atom is 0.186 e. The number of benzene rings is 2. The number of thiazole rings is 1. The number of aromatic hydroxyl groups is 1. The molecule has 128 valence electrons. The normalized spacial score (nSPS) is 14.6. The Morgan fingerprint density at radius 1 is 0.920 bits per heavy atom. The van der Waals surface area contributed by atoms with Gasteiger partial charge in [-0.05, 0) is 49.1 Å². The Labute approximate surface area is 152 Å². The van der Waals surface area contributed by atoms with Crippen molar-refractivity contribution in [2.75, 3.05) is 18.0 Å². The number of nitrogens with zero attached hydrogens (tertiary/aromatic N) is 2. The maximum atomic E-state index is 9.59. The van der Waals surface area contributed by atoms with Crippen molar-refractivity contribution in [3.8, 4) is 17.0 Å². The van der Waals surface area contributed by atoms with Crippen LogP contribution in [0.2, 0.25) is 0 Å². The molecule has 0 amide bonds. The zero-order valence-electron chi connectivity index (χ0n) is 14.2. The summed E-state index contributed by atoms with van der Waals surface area (Å²) in [5, 5.41) is 10.7. The number of phenolic OH excluding ortho intramolecular Hbond substituents is 1. The molecule has 3 nitrogen and oxygen atoms in total. The first-order chi connectivity index (χ1) is 12.3. The Hall–Kier alpha value is -2.33. The van der Waals surface area contributed by atoms with Gasteiger partial charge in [0.15, 0.2) is 5.13 Å². The van der Waals surface area contributed by atoms with E-state index in [2.05, 4.69) is 35.2 Å². The van der Waals surface area contributed by atoms with Gasteiger partial charge < -0.3 is 10.0 Å². The Morgan fingerprint density at radius 3 is 2.36 bits per heavy atom. The van der Waals surface area contributed by atoms with E-state index in [0.717, 1.165) is 35.9 Å². The van der Waals surface area contributed by atoms with Crippen molar-refractivity contribution in [1.29, 1.82) is 0 Å². The third-order valence-corrected chi connectivity index (χ3v) is 5.78. The molecule has 1 aliphatic rings. The lowest BCUT2D eigenvalue weighted by Gasteiger charge is -2.25. The minimum Gasteiger partial charge on any atom is -0.508 e. The highest BCUT2D eigenvalue weighted by Gasteiger charge is 2.19. The highest BCUT2D eigenvalue weighted by Crippen LogP contribution is 2.36. The van der Waals surface area contributed by atoms with E-state index in [-0.39, 0.29) is 0 Å². The fourth-order valence-electron chi connectivity index (χ4n) is 3.31. The van der Waals surface area contributed by atoms with E-state index in [1.165, 1.54) is 29.7 Å². The third-order valence-electron chi connectivity index (χ3n) is 4.66. The Balaban J connectivity index is 1.71. The molecule has 0 spiro atoms. The van der Waals surface area contributed by atoms with Crippen LogP contribution in [0.3, 0.4) is 0 Å². The van der Waals surface area contributed by atoms with Gasteiger partial charge in [-0.3, -0.25) is 0 Å². The molecule has 0 bridgehead atoms. The van der Waals surface area contributed by atoms with Crippen molar-refractivity contribution >= 4 is 16.5 Å². The van der Waals surface area contributed by atoms with Crippen LogP contribution in [-0.4, -0.2) is 23.2 Å². The van der Waals surface area contributed by atoms with E-state index in [1.807, 2.05) is 23.5 Å². The summed E-state index contributed by atoms with van der Waals surface area (Å²) in [4.78, 5) is 8.71. The second-order valence-corrected chi connectivity index (χ2v) is 7.59. The van der Waals surface area contributed by atoms with Gasteiger partial charge in [-0.2, -0.15) is 0 Å². The molecular formula is C21H22N2OS. The summed E-state index contributed by atoms with van der Waals surface area (Å²) >= 11 is 1.81. The number of piperidine rings is 1. The lowest BCUT2D eigenvalue weighted by atomic mass is 10.1. The van der Waals surface area contributed by atoms with Crippen molar-refractivity contribution in [3.05, 3.63) is 65.0 Å². The van der Waals surface area contributed by atoms with Crippen LogP contribution in [0.4, 0.5) is 5.13 Å². The molecular weight excluding hydrogens is 328 g/mol. The number of aromatic nitrogens is 1. The van der Waals surface area contributed by atoms with Crippen LogP contribution in [-0.2, 0) is 6.42 Å². The molecule has 25 heavy (non-hydrogen) atoms. The van der Waals surface area contributed by atoms with E-state index >= 15 is 0 Å².